The Balaban J connectivity index is 1.81. The summed E-state index contributed by atoms with van der Waals surface area (Å²) < 4.78 is 22.7. The summed E-state index contributed by atoms with van der Waals surface area (Å²) >= 11 is 1.52. The Morgan fingerprint density at radius 1 is 1.23 bits per heavy atom. The Bertz CT molecular complexity index is 752. The zero-order valence-corrected chi connectivity index (χ0v) is 14.0. The molecule has 0 aliphatic carbocycles. The maximum atomic E-state index is 11.8. The van der Waals surface area contributed by atoms with Gasteiger partial charge < -0.3 is 5.32 Å². The Morgan fingerprint density at radius 3 is 2.45 bits per heavy atom. The van der Waals surface area contributed by atoms with Gasteiger partial charge in [-0.2, -0.15) is 0 Å². The molecule has 1 aromatic carbocycles. The Labute approximate surface area is 133 Å². The summed E-state index contributed by atoms with van der Waals surface area (Å²) in [7, 11) is -3.20. The zero-order valence-electron chi connectivity index (χ0n) is 12.4. The van der Waals surface area contributed by atoms with E-state index in [4.69, 9.17) is 0 Å². The number of amides is 1. The average Bonchev–Trinajstić information content (AvgIpc) is 2.84. The first-order valence-electron chi connectivity index (χ1n) is 6.69. The molecule has 0 aliphatic rings. The standard InChI is InChI=1S/C14H17N3O3S2/c1-10-16-17-14(21-10)7-8-15-13(18)9-11-3-5-12(6-4-11)22(2,19)20/h3-6H,7-9H2,1-2H3,(H,15,18). The van der Waals surface area contributed by atoms with E-state index in [-0.39, 0.29) is 17.2 Å². The van der Waals surface area contributed by atoms with Crippen LogP contribution in [0.4, 0.5) is 0 Å². The summed E-state index contributed by atoms with van der Waals surface area (Å²) in [6, 6.07) is 6.35. The largest absolute Gasteiger partial charge is 0.355 e. The fraction of sp³-hybridized carbons (Fsp3) is 0.357. The van der Waals surface area contributed by atoms with Crippen LogP contribution in [-0.4, -0.2) is 37.3 Å². The number of hydrogen-bond acceptors (Lipinski definition) is 6. The molecule has 6 nitrogen and oxygen atoms in total. The molecule has 1 aromatic heterocycles. The van der Waals surface area contributed by atoms with Crippen LogP contribution in [0.2, 0.25) is 0 Å². The van der Waals surface area contributed by atoms with Gasteiger partial charge in [0.15, 0.2) is 9.84 Å². The molecule has 0 saturated heterocycles. The fourth-order valence-corrected chi connectivity index (χ4v) is 3.19. The lowest BCUT2D eigenvalue weighted by atomic mass is 10.1. The third kappa shape index (κ3) is 4.88. The van der Waals surface area contributed by atoms with Crippen molar-refractivity contribution in [2.45, 2.75) is 24.7 Å². The first-order chi connectivity index (χ1) is 10.3. The molecule has 1 heterocycles. The molecule has 0 saturated carbocycles. The van der Waals surface area contributed by atoms with Gasteiger partial charge in [-0.3, -0.25) is 4.79 Å². The van der Waals surface area contributed by atoms with Crippen LogP contribution in [0.25, 0.3) is 0 Å². The molecular formula is C14H17N3O3S2. The van der Waals surface area contributed by atoms with Crippen LogP contribution in [0.15, 0.2) is 29.2 Å². The van der Waals surface area contributed by atoms with Crippen molar-refractivity contribution >= 4 is 27.1 Å². The van der Waals surface area contributed by atoms with E-state index in [1.54, 1.807) is 12.1 Å². The van der Waals surface area contributed by atoms with Crippen molar-refractivity contribution in [2.24, 2.45) is 0 Å². The Kier molecular flexibility index (Phi) is 5.25. The van der Waals surface area contributed by atoms with Gasteiger partial charge in [0.25, 0.3) is 0 Å². The summed E-state index contributed by atoms with van der Waals surface area (Å²) in [5, 5.41) is 12.5. The summed E-state index contributed by atoms with van der Waals surface area (Å²) in [4.78, 5) is 12.1. The van der Waals surface area contributed by atoms with Crippen molar-refractivity contribution in [1.82, 2.24) is 15.5 Å². The first-order valence-corrected chi connectivity index (χ1v) is 9.40. The normalized spacial score (nSPS) is 11.4. The van der Waals surface area contributed by atoms with Crippen molar-refractivity contribution in [3.63, 3.8) is 0 Å². The predicted octanol–water partition coefficient (Wildman–Crippen LogP) is 1.15. The second kappa shape index (κ2) is 6.97. The van der Waals surface area contributed by atoms with Gasteiger partial charge in [-0.1, -0.05) is 12.1 Å². The number of aromatic nitrogens is 2. The number of carbonyl (C=O) groups excluding carboxylic acids is 1. The highest BCUT2D eigenvalue weighted by Crippen LogP contribution is 2.11. The molecule has 22 heavy (non-hydrogen) atoms. The van der Waals surface area contributed by atoms with E-state index >= 15 is 0 Å². The van der Waals surface area contributed by atoms with Crippen LogP contribution in [0.5, 0.6) is 0 Å². The maximum Gasteiger partial charge on any atom is 0.224 e. The van der Waals surface area contributed by atoms with Crippen molar-refractivity contribution in [3.8, 4) is 0 Å². The summed E-state index contributed by atoms with van der Waals surface area (Å²) in [5.41, 5.74) is 0.775. The minimum absolute atomic E-state index is 0.103. The molecule has 0 bridgehead atoms. The molecule has 0 spiro atoms. The number of aryl methyl sites for hydroxylation is 1. The first kappa shape index (κ1) is 16.6. The SMILES string of the molecule is Cc1nnc(CCNC(=O)Cc2ccc(S(C)(=O)=O)cc2)s1. The van der Waals surface area contributed by atoms with Crippen molar-refractivity contribution in [3.05, 3.63) is 39.8 Å². The Morgan fingerprint density at radius 2 is 1.91 bits per heavy atom. The number of hydrogen-bond donors (Lipinski definition) is 1. The van der Waals surface area contributed by atoms with E-state index in [1.165, 1.54) is 23.5 Å². The van der Waals surface area contributed by atoms with Gasteiger partial charge in [-0.25, -0.2) is 8.42 Å². The topological polar surface area (TPSA) is 89.0 Å². The third-order valence-electron chi connectivity index (χ3n) is 2.95. The number of nitrogens with zero attached hydrogens (tertiary/aromatic N) is 2. The molecule has 1 amide bonds. The monoisotopic (exact) mass is 339 g/mol. The van der Waals surface area contributed by atoms with Gasteiger partial charge >= 0.3 is 0 Å². The second-order valence-corrected chi connectivity index (χ2v) is 8.19. The molecule has 0 aliphatic heterocycles. The summed E-state index contributed by atoms with van der Waals surface area (Å²) in [6.07, 6.45) is 2.04. The number of nitrogens with one attached hydrogen (secondary N) is 1. The number of benzene rings is 1. The van der Waals surface area contributed by atoms with E-state index in [9.17, 15) is 13.2 Å². The van der Waals surface area contributed by atoms with Crippen LogP contribution in [0.1, 0.15) is 15.6 Å². The highest BCUT2D eigenvalue weighted by Gasteiger charge is 2.08. The smallest absolute Gasteiger partial charge is 0.224 e. The number of carbonyl (C=O) groups is 1. The maximum absolute atomic E-state index is 11.8. The highest BCUT2D eigenvalue weighted by atomic mass is 32.2. The molecule has 2 rings (SSSR count). The van der Waals surface area contributed by atoms with E-state index in [0.29, 0.717) is 13.0 Å². The fourth-order valence-electron chi connectivity index (χ4n) is 1.85. The zero-order chi connectivity index (χ0) is 16.2. The van der Waals surface area contributed by atoms with Crippen LogP contribution in [0, 0.1) is 6.92 Å². The van der Waals surface area contributed by atoms with Gasteiger partial charge in [0.2, 0.25) is 5.91 Å². The van der Waals surface area contributed by atoms with Gasteiger partial charge in [0.1, 0.15) is 10.0 Å². The van der Waals surface area contributed by atoms with Crippen LogP contribution >= 0.6 is 11.3 Å². The third-order valence-corrected chi connectivity index (χ3v) is 4.97. The molecule has 8 heteroatoms. The average molecular weight is 339 g/mol. The quantitative estimate of drug-likeness (QED) is 0.853. The van der Waals surface area contributed by atoms with Gasteiger partial charge in [0, 0.05) is 19.2 Å². The molecule has 1 N–H and O–H groups in total. The molecular weight excluding hydrogens is 322 g/mol. The number of rotatable bonds is 6. The van der Waals surface area contributed by atoms with Crippen LogP contribution in [-0.2, 0) is 27.5 Å². The van der Waals surface area contributed by atoms with Gasteiger partial charge in [-0.15, -0.1) is 21.5 Å². The molecule has 0 radical (unpaired) electrons. The molecule has 2 aromatic rings. The lowest BCUT2D eigenvalue weighted by molar-refractivity contribution is -0.120. The van der Waals surface area contributed by atoms with Crippen molar-refractivity contribution < 1.29 is 13.2 Å². The van der Waals surface area contributed by atoms with E-state index < -0.39 is 9.84 Å². The second-order valence-electron chi connectivity index (χ2n) is 4.91. The van der Waals surface area contributed by atoms with E-state index in [0.717, 1.165) is 21.8 Å². The van der Waals surface area contributed by atoms with Gasteiger partial charge in [-0.05, 0) is 24.6 Å². The summed E-state index contributed by atoms with van der Waals surface area (Å²) in [6.45, 7) is 2.40. The molecule has 0 unspecified atom stereocenters. The highest BCUT2D eigenvalue weighted by molar-refractivity contribution is 7.90. The molecule has 0 fully saturated rings. The summed E-state index contributed by atoms with van der Waals surface area (Å²) in [5.74, 6) is -0.103. The van der Waals surface area contributed by atoms with Crippen LogP contribution < -0.4 is 5.32 Å². The lowest BCUT2D eigenvalue weighted by Gasteiger charge is -2.05. The number of sulfone groups is 1. The van der Waals surface area contributed by atoms with E-state index in [1.807, 2.05) is 6.92 Å². The molecule has 118 valence electrons. The van der Waals surface area contributed by atoms with Crippen LogP contribution in [0.3, 0.4) is 0 Å². The Hall–Kier alpha value is -1.80. The minimum atomic E-state index is -3.20. The van der Waals surface area contributed by atoms with Gasteiger partial charge in [0.05, 0.1) is 11.3 Å². The lowest BCUT2D eigenvalue weighted by Crippen LogP contribution is -2.27. The van der Waals surface area contributed by atoms with E-state index in [2.05, 4.69) is 15.5 Å². The van der Waals surface area contributed by atoms with Crippen molar-refractivity contribution in [1.29, 1.82) is 0 Å². The molecule has 0 atom stereocenters. The van der Waals surface area contributed by atoms with Crippen molar-refractivity contribution in [2.75, 3.05) is 12.8 Å². The minimum Gasteiger partial charge on any atom is -0.355 e. The predicted molar refractivity (Wildman–Crippen MR) is 84.6 cm³/mol.